The van der Waals surface area contributed by atoms with E-state index in [9.17, 15) is 4.57 Å². The number of rotatable bonds is 3. The summed E-state index contributed by atoms with van der Waals surface area (Å²) in [7, 11) is -0.628. The first-order valence-corrected chi connectivity index (χ1v) is 6.32. The number of ether oxygens (including phenoxy) is 1. The van der Waals surface area contributed by atoms with Crippen LogP contribution in [0.4, 0.5) is 0 Å². The van der Waals surface area contributed by atoms with E-state index in [0.29, 0.717) is 5.30 Å². The van der Waals surface area contributed by atoms with Crippen molar-refractivity contribution in [3.63, 3.8) is 0 Å². The highest BCUT2D eigenvalue weighted by Crippen LogP contribution is 2.23. The molecule has 2 aromatic rings. The first-order chi connectivity index (χ1) is 8.20. The van der Waals surface area contributed by atoms with Gasteiger partial charge in [0.1, 0.15) is 5.75 Å². The molecule has 0 heterocycles. The average Bonchev–Trinajstić information content (AvgIpc) is 2.39. The van der Waals surface area contributed by atoms with Crippen molar-refractivity contribution in [3.05, 3.63) is 48.5 Å². The van der Waals surface area contributed by atoms with Crippen molar-refractivity contribution in [3.8, 4) is 16.9 Å². The molecule has 0 aliphatic rings. The van der Waals surface area contributed by atoms with Gasteiger partial charge >= 0.3 is 8.03 Å². The summed E-state index contributed by atoms with van der Waals surface area (Å²) in [6, 6.07) is 14.7. The molecule has 0 radical (unpaired) electrons. The Morgan fingerprint density at radius 3 is 1.82 bits per heavy atom. The third kappa shape index (κ3) is 2.70. The van der Waals surface area contributed by atoms with Crippen molar-refractivity contribution < 1.29 is 14.2 Å². The number of benzene rings is 2. The van der Waals surface area contributed by atoms with Crippen molar-refractivity contribution in [2.75, 3.05) is 7.11 Å². The Balaban J connectivity index is 2.29. The fourth-order valence-electron chi connectivity index (χ4n) is 1.56. The first kappa shape index (κ1) is 11.8. The van der Waals surface area contributed by atoms with Crippen molar-refractivity contribution in [1.29, 1.82) is 0 Å². The van der Waals surface area contributed by atoms with Gasteiger partial charge in [-0.15, -0.1) is 0 Å². The molecule has 86 valence electrons. The molecule has 0 amide bonds. The van der Waals surface area contributed by atoms with Gasteiger partial charge in [0, 0.05) is 0 Å². The summed E-state index contributed by atoms with van der Waals surface area (Å²) in [4.78, 5) is 8.95. The van der Waals surface area contributed by atoms with Crippen LogP contribution < -0.4 is 10.0 Å². The van der Waals surface area contributed by atoms with Gasteiger partial charge in [-0.2, -0.15) is 4.89 Å². The van der Waals surface area contributed by atoms with Crippen LogP contribution in [0.5, 0.6) is 5.75 Å². The lowest BCUT2D eigenvalue weighted by Gasteiger charge is -2.03. The standard InChI is InChI=1S/C13H11O3P/c1-16-12-6-2-10(3-7-12)11-4-8-13(9-5-11)17(14)15/h2-9H,1H3/p+1. The molecule has 0 saturated carbocycles. The fraction of sp³-hybridized carbons (Fsp3) is 0.0769. The second-order valence-electron chi connectivity index (χ2n) is 3.55. The monoisotopic (exact) mass is 247 g/mol. The summed E-state index contributed by atoms with van der Waals surface area (Å²) in [5.74, 6) is 0.809. The van der Waals surface area contributed by atoms with Gasteiger partial charge < -0.3 is 4.74 Å². The van der Waals surface area contributed by atoms with E-state index in [2.05, 4.69) is 0 Å². The van der Waals surface area contributed by atoms with Crippen molar-refractivity contribution in [2.45, 2.75) is 0 Å². The minimum Gasteiger partial charge on any atom is -0.497 e. The largest absolute Gasteiger partial charge is 0.546 e. The molecule has 0 bridgehead atoms. The molecule has 0 spiro atoms. The number of hydrogen-bond donors (Lipinski definition) is 1. The Labute approximate surface area is 101 Å². The Hall–Kier alpha value is -1.70. The topological polar surface area (TPSA) is 46.5 Å². The zero-order valence-electron chi connectivity index (χ0n) is 9.33. The van der Waals surface area contributed by atoms with E-state index in [1.54, 1.807) is 19.2 Å². The van der Waals surface area contributed by atoms with Crippen molar-refractivity contribution in [1.82, 2.24) is 0 Å². The molecule has 4 heteroatoms. The van der Waals surface area contributed by atoms with Crippen LogP contribution in [0.15, 0.2) is 48.5 Å². The van der Waals surface area contributed by atoms with Gasteiger partial charge in [-0.25, -0.2) is 0 Å². The van der Waals surface area contributed by atoms with Crippen LogP contribution in [-0.4, -0.2) is 12.0 Å². The lowest BCUT2D eigenvalue weighted by atomic mass is 10.1. The van der Waals surface area contributed by atoms with E-state index in [1.807, 2.05) is 36.4 Å². The minimum absolute atomic E-state index is 0.442. The summed E-state index contributed by atoms with van der Waals surface area (Å²) in [6.07, 6.45) is 0. The van der Waals surface area contributed by atoms with Crippen molar-refractivity contribution in [2.24, 2.45) is 0 Å². The second-order valence-corrected chi connectivity index (χ2v) is 4.61. The average molecular weight is 247 g/mol. The molecular formula is C13H12O3P+. The molecule has 0 fully saturated rings. The Bertz CT molecular complexity index is 517. The predicted molar refractivity (Wildman–Crippen MR) is 67.9 cm³/mol. The maximum absolute atomic E-state index is 10.9. The van der Waals surface area contributed by atoms with Gasteiger partial charge in [0.05, 0.1) is 7.11 Å². The SMILES string of the molecule is COc1ccc(-c2ccc([P+](=O)O)cc2)cc1. The molecule has 2 aromatic carbocycles. The molecular weight excluding hydrogens is 235 g/mol. The summed E-state index contributed by atoms with van der Waals surface area (Å²) in [6.45, 7) is 0. The zero-order chi connectivity index (χ0) is 12.3. The highest BCUT2D eigenvalue weighted by molar-refractivity contribution is 7.47. The van der Waals surface area contributed by atoms with E-state index >= 15 is 0 Å². The molecule has 1 atom stereocenters. The number of methoxy groups -OCH3 is 1. The van der Waals surface area contributed by atoms with Crippen LogP contribution >= 0.6 is 8.03 Å². The lowest BCUT2D eigenvalue weighted by molar-refractivity contribution is 0.415. The molecule has 0 saturated heterocycles. The van der Waals surface area contributed by atoms with E-state index in [0.717, 1.165) is 16.9 Å². The summed E-state index contributed by atoms with van der Waals surface area (Å²) in [5, 5.41) is 0.442. The maximum atomic E-state index is 10.9. The van der Waals surface area contributed by atoms with Gasteiger partial charge in [-0.05, 0) is 52.1 Å². The van der Waals surface area contributed by atoms with Gasteiger partial charge in [-0.3, -0.25) is 0 Å². The second kappa shape index (κ2) is 5.09. The van der Waals surface area contributed by atoms with Crippen LogP contribution in [0.3, 0.4) is 0 Å². The molecule has 0 aromatic heterocycles. The van der Waals surface area contributed by atoms with Crippen LogP contribution in [0, 0.1) is 0 Å². The van der Waals surface area contributed by atoms with Gasteiger partial charge in [0.25, 0.3) is 0 Å². The fourth-order valence-corrected chi connectivity index (χ4v) is 1.97. The molecule has 2 rings (SSSR count). The van der Waals surface area contributed by atoms with Crippen LogP contribution in [-0.2, 0) is 4.57 Å². The van der Waals surface area contributed by atoms with E-state index in [1.165, 1.54) is 0 Å². The molecule has 0 aliphatic heterocycles. The normalized spacial score (nSPS) is 11.1. The zero-order valence-corrected chi connectivity index (χ0v) is 10.2. The smallest absolute Gasteiger partial charge is 0.497 e. The van der Waals surface area contributed by atoms with Crippen molar-refractivity contribution >= 4 is 13.3 Å². The van der Waals surface area contributed by atoms with Gasteiger partial charge in [0.15, 0.2) is 0 Å². The minimum atomic E-state index is -2.25. The maximum Gasteiger partial charge on any atom is 0.546 e. The van der Waals surface area contributed by atoms with Gasteiger partial charge in [0.2, 0.25) is 5.30 Å². The lowest BCUT2D eigenvalue weighted by Crippen LogP contribution is -1.94. The predicted octanol–water partition coefficient (Wildman–Crippen LogP) is 2.72. The van der Waals surface area contributed by atoms with Crippen LogP contribution in [0.2, 0.25) is 0 Å². The summed E-state index contributed by atoms with van der Waals surface area (Å²) < 4.78 is 15.9. The highest BCUT2D eigenvalue weighted by atomic mass is 31.1. The van der Waals surface area contributed by atoms with Crippen LogP contribution in [0.1, 0.15) is 0 Å². The third-order valence-electron chi connectivity index (χ3n) is 2.51. The van der Waals surface area contributed by atoms with Gasteiger partial charge in [-0.1, -0.05) is 12.1 Å². The summed E-state index contributed by atoms with van der Waals surface area (Å²) >= 11 is 0. The Kier molecular flexibility index (Phi) is 3.52. The quantitative estimate of drug-likeness (QED) is 0.848. The van der Waals surface area contributed by atoms with E-state index in [-0.39, 0.29) is 0 Å². The van der Waals surface area contributed by atoms with E-state index in [4.69, 9.17) is 9.63 Å². The molecule has 0 aliphatic carbocycles. The Morgan fingerprint density at radius 2 is 1.41 bits per heavy atom. The van der Waals surface area contributed by atoms with Crippen LogP contribution in [0.25, 0.3) is 11.1 Å². The van der Waals surface area contributed by atoms with E-state index < -0.39 is 8.03 Å². The highest BCUT2D eigenvalue weighted by Gasteiger charge is 2.14. The molecule has 1 unspecified atom stereocenters. The third-order valence-corrected chi connectivity index (χ3v) is 3.25. The Morgan fingerprint density at radius 1 is 0.941 bits per heavy atom. The molecule has 3 nitrogen and oxygen atoms in total. The first-order valence-electron chi connectivity index (χ1n) is 5.11. The summed E-state index contributed by atoms with van der Waals surface area (Å²) in [5.41, 5.74) is 2.05. The molecule has 1 N–H and O–H groups in total. The molecule has 17 heavy (non-hydrogen) atoms. The number of hydrogen-bond acceptors (Lipinski definition) is 2.